The summed E-state index contributed by atoms with van der Waals surface area (Å²) in [5.74, 6) is -0.216. The van der Waals surface area contributed by atoms with E-state index in [1.807, 2.05) is 30.3 Å². The topological polar surface area (TPSA) is 75.4 Å². The molecular weight excluding hydrogens is 228 g/mol. The normalized spacial score (nSPS) is 25.4. The molecule has 0 aromatic heterocycles. The van der Waals surface area contributed by atoms with Crippen LogP contribution in [0.1, 0.15) is 37.3 Å². The Morgan fingerprint density at radius 2 is 1.94 bits per heavy atom. The summed E-state index contributed by atoms with van der Waals surface area (Å²) >= 11 is 0. The fourth-order valence-corrected chi connectivity index (χ4v) is 2.36. The van der Waals surface area contributed by atoms with Crippen molar-refractivity contribution in [2.45, 2.75) is 43.9 Å². The summed E-state index contributed by atoms with van der Waals surface area (Å²) < 4.78 is 0. The predicted molar refractivity (Wildman–Crippen MR) is 69.8 cm³/mol. The Hall–Kier alpha value is -1.39. The number of nitrogens with one attached hydrogen (secondary N) is 1. The number of hydrogen-bond acceptors (Lipinski definition) is 3. The van der Waals surface area contributed by atoms with E-state index in [0.29, 0.717) is 0 Å². The highest BCUT2D eigenvalue weighted by Crippen LogP contribution is 2.19. The van der Waals surface area contributed by atoms with E-state index in [0.717, 1.165) is 31.2 Å². The van der Waals surface area contributed by atoms with Gasteiger partial charge in [-0.15, -0.1) is 0 Å². The number of hydrogen-bond donors (Lipinski definition) is 3. The van der Waals surface area contributed by atoms with Crippen LogP contribution < -0.4 is 11.1 Å². The van der Waals surface area contributed by atoms with Gasteiger partial charge in [0.1, 0.15) is 6.04 Å². The zero-order valence-electron chi connectivity index (χ0n) is 10.4. The van der Waals surface area contributed by atoms with Gasteiger partial charge in [0.05, 0.1) is 12.1 Å². The Bertz CT molecular complexity index is 394. The first-order valence-corrected chi connectivity index (χ1v) is 6.47. The molecule has 0 aliphatic heterocycles. The average molecular weight is 248 g/mol. The third kappa shape index (κ3) is 3.09. The fourth-order valence-electron chi connectivity index (χ4n) is 2.36. The molecular formula is C14H20N2O2. The predicted octanol–water partition coefficient (Wildman–Crippen LogP) is 1.11. The summed E-state index contributed by atoms with van der Waals surface area (Å²) in [5, 5.41) is 12.7. The van der Waals surface area contributed by atoms with Gasteiger partial charge < -0.3 is 16.2 Å². The van der Waals surface area contributed by atoms with Crippen LogP contribution in [0.3, 0.4) is 0 Å². The van der Waals surface area contributed by atoms with Gasteiger partial charge in [-0.3, -0.25) is 4.79 Å². The molecule has 3 atom stereocenters. The van der Waals surface area contributed by atoms with Gasteiger partial charge in [0, 0.05) is 0 Å². The maximum Gasteiger partial charge on any atom is 0.241 e. The molecule has 1 aliphatic rings. The van der Waals surface area contributed by atoms with Gasteiger partial charge in [-0.25, -0.2) is 0 Å². The first-order chi connectivity index (χ1) is 8.68. The van der Waals surface area contributed by atoms with Crippen molar-refractivity contribution in [3.8, 4) is 0 Å². The molecule has 1 amide bonds. The molecule has 0 spiro atoms. The summed E-state index contributed by atoms with van der Waals surface area (Å²) in [6.07, 6.45) is 3.21. The van der Waals surface area contributed by atoms with Crippen LogP contribution in [0, 0.1) is 0 Å². The summed E-state index contributed by atoms with van der Waals surface area (Å²) in [6.45, 7) is 0. The second-order valence-electron chi connectivity index (χ2n) is 4.86. The summed E-state index contributed by atoms with van der Waals surface area (Å²) in [4.78, 5) is 12.0. The number of rotatable bonds is 3. The minimum absolute atomic E-state index is 0.152. The smallest absolute Gasteiger partial charge is 0.241 e. The SMILES string of the molecule is N[C@@H](C(=O)N[C@H]1CCCC[C@@H]1O)c1ccccc1. The molecule has 98 valence electrons. The lowest BCUT2D eigenvalue weighted by Gasteiger charge is -2.29. The van der Waals surface area contributed by atoms with Crippen LogP contribution in [0.25, 0.3) is 0 Å². The lowest BCUT2D eigenvalue weighted by atomic mass is 9.92. The standard InChI is InChI=1S/C14H20N2O2/c15-13(10-6-2-1-3-7-10)14(18)16-11-8-4-5-9-12(11)17/h1-3,6-7,11-13,17H,4-5,8-9,15H2,(H,16,18)/t11-,12-,13+/m0/s1. The van der Waals surface area contributed by atoms with E-state index in [2.05, 4.69) is 5.32 Å². The van der Waals surface area contributed by atoms with Gasteiger partial charge in [-0.1, -0.05) is 43.2 Å². The lowest BCUT2D eigenvalue weighted by Crippen LogP contribution is -2.48. The third-order valence-electron chi connectivity index (χ3n) is 3.50. The molecule has 1 aromatic rings. The van der Waals surface area contributed by atoms with Gasteiger partial charge >= 0.3 is 0 Å². The Kier molecular flexibility index (Phi) is 4.33. The molecule has 2 rings (SSSR count). The molecule has 0 bridgehead atoms. The van der Waals surface area contributed by atoms with Gasteiger partial charge in [0.2, 0.25) is 5.91 Å². The van der Waals surface area contributed by atoms with Crippen molar-refractivity contribution in [1.82, 2.24) is 5.32 Å². The van der Waals surface area contributed by atoms with E-state index in [1.165, 1.54) is 0 Å². The largest absolute Gasteiger partial charge is 0.391 e. The lowest BCUT2D eigenvalue weighted by molar-refractivity contribution is -0.124. The minimum Gasteiger partial charge on any atom is -0.391 e. The zero-order valence-corrected chi connectivity index (χ0v) is 10.4. The molecule has 4 heteroatoms. The minimum atomic E-state index is -0.666. The maximum absolute atomic E-state index is 12.0. The Balaban J connectivity index is 1.95. The quantitative estimate of drug-likeness (QED) is 0.750. The monoisotopic (exact) mass is 248 g/mol. The Morgan fingerprint density at radius 1 is 1.28 bits per heavy atom. The van der Waals surface area contributed by atoms with Crippen molar-refractivity contribution in [1.29, 1.82) is 0 Å². The molecule has 1 saturated carbocycles. The van der Waals surface area contributed by atoms with E-state index in [4.69, 9.17) is 5.73 Å². The second-order valence-corrected chi connectivity index (χ2v) is 4.86. The van der Waals surface area contributed by atoms with Crippen molar-refractivity contribution < 1.29 is 9.90 Å². The number of benzene rings is 1. The van der Waals surface area contributed by atoms with Crippen molar-refractivity contribution in [3.05, 3.63) is 35.9 Å². The van der Waals surface area contributed by atoms with Crippen LogP contribution in [0.5, 0.6) is 0 Å². The highest BCUT2D eigenvalue weighted by molar-refractivity contribution is 5.83. The molecule has 18 heavy (non-hydrogen) atoms. The van der Waals surface area contributed by atoms with E-state index < -0.39 is 12.1 Å². The number of carbonyl (C=O) groups is 1. The summed E-state index contributed by atoms with van der Waals surface area (Å²) in [7, 11) is 0. The van der Waals surface area contributed by atoms with E-state index in [1.54, 1.807) is 0 Å². The van der Waals surface area contributed by atoms with Gasteiger partial charge in [0.15, 0.2) is 0 Å². The molecule has 0 saturated heterocycles. The summed E-state index contributed by atoms with van der Waals surface area (Å²) in [5.41, 5.74) is 6.70. The fraction of sp³-hybridized carbons (Fsp3) is 0.500. The summed E-state index contributed by atoms with van der Waals surface area (Å²) in [6, 6.07) is 8.46. The molecule has 1 aromatic carbocycles. The van der Waals surface area contributed by atoms with Crippen molar-refractivity contribution in [2.24, 2.45) is 5.73 Å². The first kappa shape index (κ1) is 13.1. The van der Waals surface area contributed by atoms with Crippen LogP contribution in [0.15, 0.2) is 30.3 Å². The van der Waals surface area contributed by atoms with Crippen LogP contribution in [0.2, 0.25) is 0 Å². The number of nitrogens with two attached hydrogens (primary N) is 1. The first-order valence-electron chi connectivity index (χ1n) is 6.47. The van der Waals surface area contributed by atoms with E-state index in [9.17, 15) is 9.90 Å². The number of aliphatic hydroxyl groups is 1. The average Bonchev–Trinajstić information content (AvgIpc) is 2.41. The van der Waals surface area contributed by atoms with E-state index >= 15 is 0 Å². The number of carbonyl (C=O) groups excluding carboxylic acids is 1. The molecule has 1 aliphatic carbocycles. The van der Waals surface area contributed by atoms with Gasteiger partial charge in [-0.05, 0) is 18.4 Å². The molecule has 4 nitrogen and oxygen atoms in total. The Morgan fingerprint density at radius 3 is 2.61 bits per heavy atom. The van der Waals surface area contributed by atoms with Crippen molar-refractivity contribution in [2.75, 3.05) is 0 Å². The molecule has 1 fully saturated rings. The molecule has 4 N–H and O–H groups in total. The molecule has 0 radical (unpaired) electrons. The van der Waals surface area contributed by atoms with Crippen molar-refractivity contribution in [3.63, 3.8) is 0 Å². The maximum atomic E-state index is 12.0. The van der Waals surface area contributed by atoms with Crippen molar-refractivity contribution >= 4 is 5.91 Å². The highest BCUT2D eigenvalue weighted by atomic mass is 16.3. The molecule has 0 heterocycles. The third-order valence-corrected chi connectivity index (χ3v) is 3.50. The molecule has 0 unspecified atom stereocenters. The van der Waals surface area contributed by atoms with E-state index in [-0.39, 0.29) is 11.9 Å². The zero-order chi connectivity index (χ0) is 13.0. The van der Waals surface area contributed by atoms with Gasteiger partial charge in [0.25, 0.3) is 0 Å². The number of amides is 1. The van der Waals surface area contributed by atoms with Crippen LogP contribution in [-0.4, -0.2) is 23.2 Å². The van der Waals surface area contributed by atoms with Crippen LogP contribution in [0.4, 0.5) is 0 Å². The van der Waals surface area contributed by atoms with Gasteiger partial charge in [-0.2, -0.15) is 0 Å². The second kappa shape index (κ2) is 5.98. The Labute approximate surface area is 107 Å². The van der Waals surface area contributed by atoms with Crippen LogP contribution in [-0.2, 0) is 4.79 Å². The highest BCUT2D eigenvalue weighted by Gasteiger charge is 2.26. The van der Waals surface area contributed by atoms with Crippen LogP contribution >= 0.6 is 0 Å². The number of aliphatic hydroxyl groups excluding tert-OH is 1.